The Bertz CT molecular complexity index is 2210. The van der Waals surface area contributed by atoms with Crippen molar-refractivity contribution < 1.29 is 107 Å². The van der Waals surface area contributed by atoms with Crippen LogP contribution in [-0.2, 0) is 61.0 Å². The smallest absolute Gasteiger partial charge is 0.478 e. The normalized spacial score (nSPS) is 17.9. The van der Waals surface area contributed by atoms with E-state index in [1.165, 1.54) is 0 Å². The molecule has 0 fully saturated rings. The number of nitrogens with two attached hydrogens (primary N) is 1. The third-order valence-electron chi connectivity index (χ3n) is 11.5. The van der Waals surface area contributed by atoms with Crippen molar-refractivity contribution in [2.75, 3.05) is 58.9 Å². The fourth-order valence-electron chi connectivity index (χ4n) is 8.38. The maximum absolute atomic E-state index is 13.2. The maximum atomic E-state index is 13.2. The summed E-state index contributed by atoms with van der Waals surface area (Å²) in [6.07, 6.45) is 5.32. The molecule has 4 heterocycles. The molecule has 0 spiro atoms. The van der Waals surface area contributed by atoms with E-state index >= 15 is 0 Å². The summed E-state index contributed by atoms with van der Waals surface area (Å²) in [5, 5.41) is 71.7. The van der Waals surface area contributed by atoms with Gasteiger partial charge in [-0.15, -0.1) is 9.14 Å². The van der Waals surface area contributed by atoms with Gasteiger partial charge in [0.15, 0.2) is 13.1 Å². The van der Waals surface area contributed by atoms with Crippen molar-refractivity contribution in [3.63, 3.8) is 0 Å². The van der Waals surface area contributed by atoms with E-state index in [-0.39, 0.29) is 38.9 Å². The summed E-state index contributed by atoms with van der Waals surface area (Å²) in [5.74, 6) is -10.4. The lowest BCUT2D eigenvalue weighted by molar-refractivity contribution is -1.02. The van der Waals surface area contributed by atoms with E-state index in [4.69, 9.17) is 10.8 Å². The molecule has 372 valence electrons. The third-order valence-corrected chi connectivity index (χ3v) is 11.5. The number of urea groups is 1. The van der Waals surface area contributed by atoms with Crippen LogP contribution in [0.2, 0.25) is 0 Å². The van der Waals surface area contributed by atoms with Gasteiger partial charge in [-0.25, -0.2) is 23.4 Å². The molecule has 0 saturated heterocycles. The van der Waals surface area contributed by atoms with Crippen LogP contribution in [0.15, 0.2) is 12.4 Å². The maximum Gasteiger partial charge on any atom is 0.478 e. The summed E-state index contributed by atoms with van der Waals surface area (Å²) in [4.78, 5) is 133. The summed E-state index contributed by atoms with van der Waals surface area (Å²) in [7, 11) is 0. The summed E-state index contributed by atoms with van der Waals surface area (Å²) < 4.78 is 7.50. The minimum atomic E-state index is -1.56. The molecule has 12 N–H and O–H groups in total. The first-order valence-electron chi connectivity index (χ1n) is 21.4. The van der Waals surface area contributed by atoms with Crippen LogP contribution in [0.25, 0.3) is 0 Å². The molecule has 3 aliphatic heterocycles. The summed E-state index contributed by atoms with van der Waals surface area (Å²) in [5.41, 5.74) is 6.23. The van der Waals surface area contributed by atoms with E-state index in [1.54, 1.807) is 27.8 Å². The van der Waals surface area contributed by atoms with Crippen molar-refractivity contribution >= 4 is 77.6 Å². The number of quaternary nitrogens is 1. The number of rotatable bonds is 30. The van der Waals surface area contributed by atoms with Gasteiger partial charge in [0.1, 0.15) is 50.7 Å². The number of nitrogens with one attached hydrogen (secondary N) is 3. The average molecular weight is 968 g/mol. The molecule has 3 aliphatic rings. The van der Waals surface area contributed by atoms with Crippen LogP contribution in [0.1, 0.15) is 63.5 Å². The molecule has 1 aromatic heterocycles. The molecule has 0 bridgehead atoms. The zero-order chi connectivity index (χ0) is 50.5. The Morgan fingerprint density at radius 2 is 1.25 bits per heavy atom. The topological polar surface area (TPSA) is 413 Å². The lowest BCUT2D eigenvalue weighted by atomic mass is 10.1. The molecular weight excluding hydrogens is 910 g/mol. The van der Waals surface area contributed by atoms with Crippen molar-refractivity contribution in [2.24, 2.45) is 5.73 Å². The number of amides is 5. The Morgan fingerprint density at radius 1 is 0.706 bits per heavy atom. The Kier molecular flexibility index (Phi) is 18.5. The second-order valence-corrected chi connectivity index (χ2v) is 16.5. The van der Waals surface area contributed by atoms with Crippen molar-refractivity contribution in [1.82, 2.24) is 30.3 Å². The first-order chi connectivity index (χ1) is 32.0. The van der Waals surface area contributed by atoms with Crippen LogP contribution in [-0.4, -0.2) is 218 Å². The number of carbonyl (C=O) groups is 11. The Labute approximate surface area is 385 Å². The Balaban J connectivity index is 1.37. The Morgan fingerprint density at radius 3 is 1.79 bits per heavy atom. The summed E-state index contributed by atoms with van der Waals surface area (Å²) in [6.45, 7) is -2.52. The number of amidine groups is 1. The quantitative estimate of drug-likeness (QED) is 0.0195. The molecule has 1 aromatic rings. The fraction of sp³-hybridized carbons (Fsp3) is 0.590. The molecule has 5 atom stereocenters. The van der Waals surface area contributed by atoms with Gasteiger partial charge in [0, 0.05) is 13.0 Å². The Hall–Kier alpha value is -7.56. The number of carbonyl (C=O) groups excluding carboxylic acids is 4. The number of hydrogen-bond acceptors (Lipinski definition) is 12. The van der Waals surface area contributed by atoms with Gasteiger partial charge in [-0.2, -0.15) is 0 Å². The highest BCUT2D eigenvalue weighted by atomic mass is 16.4. The summed E-state index contributed by atoms with van der Waals surface area (Å²) in [6, 6.07) is -5.01. The molecule has 68 heavy (non-hydrogen) atoms. The molecule has 5 amide bonds. The SMILES string of the molecule is N[C@@H](CCCC[N+]12CC3=[N+](CC=[N+]3CC(=O)N(CC(=O)O)CC(=O)O)C1n1cc[n+](CC(=O)N(CC(=O)O)CC(=O)O)c1C2)C(=O)NCCCC[C@H](NC(=O)N[C@@H](CCC(=O)O)C(=O)O)C(=O)O. The van der Waals surface area contributed by atoms with Gasteiger partial charge in [0.2, 0.25) is 31.8 Å². The van der Waals surface area contributed by atoms with E-state index < -0.39 is 129 Å². The number of fused-ring (bicyclic) bond motifs is 4. The van der Waals surface area contributed by atoms with Crippen LogP contribution in [0.3, 0.4) is 0 Å². The second-order valence-electron chi connectivity index (χ2n) is 16.5. The van der Waals surface area contributed by atoms with Gasteiger partial charge in [-0.3, -0.25) is 38.4 Å². The molecule has 2 unspecified atom stereocenters. The molecule has 4 rings (SSSR count). The van der Waals surface area contributed by atoms with Crippen molar-refractivity contribution in [3.05, 3.63) is 18.2 Å². The molecule has 0 aliphatic carbocycles. The van der Waals surface area contributed by atoms with Gasteiger partial charge in [-0.05, 0) is 44.9 Å². The van der Waals surface area contributed by atoms with E-state index in [1.807, 2.05) is 14.5 Å². The lowest BCUT2D eigenvalue weighted by Crippen LogP contribution is -2.52. The first kappa shape index (κ1) is 53.1. The average Bonchev–Trinajstić information content (AvgIpc) is 3.96. The van der Waals surface area contributed by atoms with Gasteiger partial charge in [-0.1, -0.05) is 4.58 Å². The summed E-state index contributed by atoms with van der Waals surface area (Å²) >= 11 is 0. The van der Waals surface area contributed by atoms with Gasteiger partial charge < -0.3 is 67.2 Å². The van der Waals surface area contributed by atoms with Crippen molar-refractivity contribution in [2.45, 2.75) is 88.9 Å². The molecule has 29 heteroatoms. The largest absolute Gasteiger partial charge is 0.481 e. The third kappa shape index (κ3) is 14.5. The number of aromatic nitrogens is 2. The van der Waals surface area contributed by atoms with Crippen LogP contribution >= 0.6 is 0 Å². The van der Waals surface area contributed by atoms with Gasteiger partial charge in [0.05, 0.1) is 12.6 Å². The zero-order valence-electron chi connectivity index (χ0n) is 36.8. The zero-order valence-corrected chi connectivity index (χ0v) is 36.8. The molecule has 0 radical (unpaired) electrons. The monoisotopic (exact) mass is 967 g/mol. The predicted molar refractivity (Wildman–Crippen MR) is 222 cm³/mol. The lowest BCUT2D eigenvalue weighted by Gasteiger charge is -2.27. The van der Waals surface area contributed by atoms with Gasteiger partial charge in [0.25, 0.3) is 11.8 Å². The van der Waals surface area contributed by atoms with Crippen molar-refractivity contribution in [3.8, 4) is 0 Å². The highest BCUT2D eigenvalue weighted by Crippen LogP contribution is 2.40. The van der Waals surface area contributed by atoms with Gasteiger partial charge >= 0.3 is 65.8 Å². The van der Waals surface area contributed by atoms with Crippen molar-refractivity contribution in [1.29, 1.82) is 0 Å². The number of carboxylic acid groups (broad SMARTS) is 7. The number of aliphatic carboxylic acids is 7. The van der Waals surface area contributed by atoms with Crippen LogP contribution in [0.4, 0.5) is 4.79 Å². The number of nitrogens with zero attached hydrogens (tertiary/aromatic N) is 7. The second kappa shape index (κ2) is 23.8. The van der Waals surface area contributed by atoms with E-state index in [0.29, 0.717) is 66.5 Å². The van der Waals surface area contributed by atoms with Crippen LogP contribution in [0, 0.1) is 0 Å². The van der Waals surface area contributed by atoms with E-state index in [2.05, 4.69) is 10.6 Å². The fourth-order valence-corrected chi connectivity index (χ4v) is 8.38. The molecule has 0 aromatic carbocycles. The number of carboxylic acids is 7. The first-order valence-corrected chi connectivity index (χ1v) is 21.4. The minimum Gasteiger partial charge on any atom is -0.481 e. The standard InChI is InChI=1S/C39H53N11O18/c40-23(35(63)41-9-3-1-6-24(36(64)65)42-38(68)43-25(37(66)67)7-8-30(53)54)5-2-4-14-50-21-26-44(15-28(51)46(17-31(55)56)18-32(57)58)10-12-48(26)39(50)49-13-11-45(27(49)22-50)16-29(52)47(19-33(59)60)20-34(61)62/h10-12,23-25,39H,1-9,13-22,40H2,(H6-4,41,42,43,53,54,55,56,57,58,59,60,61,62,63,64,65,66,67,68)/p+4/t23-,24-,25-,39?,50?/m0/s1. The highest BCUT2D eigenvalue weighted by Gasteiger charge is 2.69. The van der Waals surface area contributed by atoms with E-state index in [0.717, 1.165) is 4.90 Å². The minimum absolute atomic E-state index is 0.0799. The van der Waals surface area contributed by atoms with Crippen LogP contribution in [0.5, 0.6) is 0 Å². The number of unbranched alkanes of at least 4 members (excludes halogenated alkanes) is 2. The molecule has 0 saturated carbocycles. The van der Waals surface area contributed by atoms with Crippen LogP contribution < -0.4 is 26.3 Å². The highest BCUT2D eigenvalue weighted by molar-refractivity contribution is 5.89. The predicted octanol–water partition coefficient (Wildman–Crippen LogP) is -5.07. The number of imidazole rings is 1. The van der Waals surface area contributed by atoms with E-state index in [9.17, 15) is 83.4 Å². The number of hydrogen-bond donors (Lipinski definition) is 11. The molecule has 29 nitrogen and oxygen atoms in total. The molecular formula is C39H57N11O18+4.